The molecule has 1 N–H and O–H groups in total. The van der Waals surface area contributed by atoms with E-state index in [1.807, 2.05) is 9.67 Å². The Morgan fingerprint density at radius 1 is 1.04 bits per heavy atom. The first-order valence-electron chi connectivity index (χ1n) is 14.8. The zero-order valence-corrected chi connectivity index (χ0v) is 25.1. The van der Waals surface area contributed by atoms with Crippen molar-refractivity contribution in [2.75, 3.05) is 19.7 Å². The number of nitrogens with one attached hydrogen (secondary N) is 1. The third-order valence-electron chi connectivity index (χ3n) is 8.09. The van der Waals surface area contributed by atoms with Gasteiger partial charge in [0.15, 0.2) is 11.5 Å². The molecule has 2 saturated heterocycles. The molecule has 46 heavy (non-hydrogen) atoms. The fourth-order valence-corrected chi connectivity index (χ4v) is 5.72. The number of hydrogen-bond acceptors (Lipinski definition) is 9. The maximum atomic E-state index is 14.3. The predicted molar refractivity (Wildman–Crippen MR) is 157 cm³/mol. The molecule has 1 aromatic carbocycles. The molecular formula is C30H28ClF4N9O2. The zero-order valence-electron chi connectivity index (χ0n) is 24.3. The van der Waals surface area contributed by atoms with Gasteiger partial charge in [-0.25, -0.2) is 24.3 Å². The van der Waals surface area contributed by atoms with Gasteiger partial charge in [-0.05, 0) is 43.0 Å². The van der Waals surface area contributed by atoms with E-state index in [0.29, 0.717) is 58.7 Å². The number of halogens is 5. The molecule has 0 amide bonds. The van der Waals surface area contributed by atoms with Gasteiger partial charge in [0, 0.05) is 55.2 Å². The number of aromatic amines is 1. The van der Waals surface area contributed by atoms with Crippen LogP contribution in [-0.2, 0) is 30.4 Å². The summed E-state index contributed by atoms with van der Waals surface area (Å²) >= 11 is 5.86. The quantitative estimate of drug-likeness (QED) is 0.212. The van der Waals surface area contributed by atoms with Crippen LogP contribution in [0.4, 0.5) is 17.6 Å². The summed E-state index contributed by atoms with van der Waals surface area (Å²) in [4.78, 5) is 24.0. The van der Waals surface area contributed by atoms with Crippen molar-refractivity contribution in [3.05, 3.63) is 76.6 Å². The Morgan fingerprint density at radius 3 is 2.59 bits per heavy atom. The van der Waals surface area contributed by atoms with Crippen LogP contribution in [0, 0.1) is 5.82 Å². The third kappa shape index (κ3) is 6.66. The summed E-state index contributed by atoms with van der Waals surface area (Å²) in [5.74, 6) is -0.00168. The van der Waals surface area contributed by atoms with Gasteiger partial charge in [-0.2, -0.15) is 23.3 Å². The Balaban J connectivity index is 1.02. The van der Waals surface area contributed by atoms with Gasteiger partial charge < -0.3 is 14.0 Å². The third-order valence-corrected chi connectivity index (χ3v) is 8.32. The topological polar surface area (TPSA) is 120 Å². The van der Waals surface area contributed by atoms with Gasteiger partial charge in [-0.3, -0.25) is 10.00 Å². The molecule has 5 aromatic rings. The van der Waals surface area contributed by atoms with Crippen LogP contribution in [0.1, 0.15) is 42.3 Å². The van der Waals surface area contributed by atoms with E-state index in [4.69, 9.17) is 26.1 Å². The first-order valence-corrected chi connectivity index (χ1v) is 15.2. The van der Waals surface area contributed by atoms with Crippen molar-refractivity contribution in [3.63, 3.8) is 0 Å². The monoisotopic (exact) mass is 657 g/mol. The summed E-state index contributed by atoms with van der Waals surface area (Å²) in [5.41, 5.74) is 1.95. The molecule has 0 radical (unpaired) electrons. The molecule has 0 aliphatic carbocycles. The number of likely N-dealkylation sites (tertiary alicyclic amines) is 1. The second-order valence-corrected chi connectivity index (χ2v) is 11.7. The molecule has 2 aliphatic heterocycles. The number of benzene rings is 1. The van der Waals surface area contributed by atoms with Crippen LogP contribution in [0.15, 0.2) is 42.7 Å². The van der Waals surface area contributed by atoms with E-state index < -0.39 is 17.8 Å². The van der Waals surface area contributed by atoms with Crippen molar-refractivity contribution in [2.45, 2.75) is 57.2 Å². The minimum absolute atomic E-state index is 0.0491. The molecule has 0 unspecified atom stereocenters. The number of imidazole rings is 1. The molecular weight excluding hydrogens is 630 g/mol. The predicted octanol–water partition coefficient (Wildman–Crippen LogP) is 5.24. The molecule has 4 aromatic heterocycles. The Hall–Kier alpha value is -4.21. The van der Waals surface area contributed by atoms with Gasteiger partial charge >= 0.3 is 6.18 Å². The number of hydrogen-bond donors (Lipinski definition) is 1. The van der Waals surface area contributed by atoms with Gasteiger partial charge in [-0.15, -0.1) is 0 Å². The van der Waals surface area contributed by atoms with Crippen molar-refractivity contribution in [1.29, 1.82) is 0 Å². The van der Waals surface area contributed by atoms with Crippen molar-refractivity contribution in [2.24, 2.45) is 0 Å². The van der Waals surface area contributed by atoms with Crippen LogP contribution in [0.3, 0.4) is 0 Å². The van der Waals surface area contributed by atoms with E-state index in [-0.39, 0.29) is 24.5 Å². The lowest BCUT2D eigenvalue weighted by atomic mass is 10.1. The number of aromatic nitrogens is 8. The molecule has 7 rings (SSSR count). The molecule has 1 atom stereocenters. The first-order chi connectivity index (χ1) is 22.2. The maximum absolute atomic E-state index is 14.3. The van der Waals surface area contributed by atoms with Crippen LogP contribution >= 0.6 is 11.6 Å². The zero-order chi connectivity index (χ0) is 31.8. The largest absolute Gasteiger partial charge is 0.474 e. The van der Waals surface area contributed by atoms with Gasteiger partial charge in [0.05, 0.1) is 19.2 Å². The smallest absolute Gasteiger partial charge is 0.451 e. The van der Waals surface area contributed by atoms with E-state index in [1.54, 1.807) is 30.5 Å². The molecule has 6 heterocycles. The van der Waals surface area contributed by atoms with Crippen molar-refractivity contribution < 1.29 is 27.0 Å². The van der Waals surface area contributed by atoms with Crippen LogP contribution < -0.4 is 4.74 Å². The number of fused-ring (bicyclic) bond motifs is 1. The molecule has 240 valence electrons. The van der Waals surface area contributed by atoms with E-state index in [9.17, 15) is 17.6 Å². The van der Waals surface area contributed by atoms with Crippen LogP contribution in [0.25, 0.3) is 22.6 Å². The van der Waals surface area contributed by atoms with Gasteiger partial charge in [0.2, 0.25) is 11.7 Å². The summed E-state index contributed by atoms with van der Waals surface area (Å²) in [5, 5.41) is 5.99. The van der Waals surface area contributed by atoms with E-state index in [1.165, 1.54) is 12.3 Å². The van der Waals surface area contributed by atoms with Crippen LogP contribution in [0.5, 0.6) is 5.88 Å². The number of rotatable bonds is 9. The molecule has 2 aliphatic rings. The van der Waals surface area contributed by atoms with Crippen LogP contribution in [-0.4, -0.2) is 76.5 Å². The van der Waals surface area contributed by atoms with E-state index >= 15 is 0 Å². The lowest BCUT2D eigenvalue weighted by Crippen LogP contribution is -2.39. The SMILES string of the molecule is Fc1cc(Cl)ccc1Cc1nccc(OC2CCN(Cc3nc4cc(-c5n[nH]c(C(F)(F)F)n5)cnc4n3C[C@@H]3CCO3)CC2)n1. The fraction of sp³-hybridized carbons (Fsp3) is 0.400. The number of piperidine rings is 1. The van der Waals surface area contributed by atoms with Gasteiger partial charge in [0.25, 0.3) is 0 Å². The Kier molecular flexibility index (Phi) is 8.29. The first kappa shape index (κ1) is 30.4. The van der Waals surface area contributed by atoms with Crippen LogP contribution in [0.2, 0.25) is 5.02 Å². The summed E-state index contributed by atoms with van der Waals surface area (Å²) in [7, 11) is 0. The lowest BCUT2D eigenvalue weighted by Gasteiger charge is -2.32. The Morgan fingerprint density at radius 2 is 1.87 bits per heavy atom. The summed E-state index contributed by atoms with van der Waals surface area (Å²) < 4.78 is 67.3. The highest BCUT2D eigenvalue weighted by molar-refractivity contribution is 6.30. The number of nitrogens with zero attached hydrogens (tertiary/aromatic N) is 8. The number of alkyl halides is 3. The second-order valence-electron chi connectivity index (χ2n) is 11.3. The second kappa shape index (κ2) is 12.5. The highest BCUT2D eigenvalue weighted by Gasteiger charge is 2.35. The average molecular weight is 658 g/mol. The number of pyridine rings is 1. The molecule has 0 saturated carbocycles. The maximum Gasteiger partial charge on any atom is 0.451 e. The molecule has 11 nitrogen and oxygen atoms in total. The fourth-order valence-electron chi connectivity index (χ4n) is 5.57. The standard InChI is InChI=1S/C30H28ClF4N9O2/c31-19-2-1-17(22(32)13-19)12-24-36-7-3-26(39-24)46-20-4-8-43(9-5-20)16-25-38-23-11-18(27-40-29(42-41-27)30(33,34)35)14-37-28(23)44(25)15-21-6-10-45-21/h1-3,7,11,13-14,20-21H,4-6,8-10,12,15-16H2,(H,40,41,42)/t21-/m0/s1. The van der Waals surface area contributed by atoms with E-state index in [0.717, 1.165) is 38.2 Å². The Labute approximate surface area is 265 Å². The summed E-state index contributed by atoms with van der Waals surface area (Å²) in [6.07, 6.45) is 1.09. The Bertz CT molecular complexity index is 1850. The van der Waals surface area contributed by atoms with Gasteiger partial charge in [0.1, 0.15) is 29.1 Å². The highest BCUT2D eigenvalue weighted by Crippen LogP contribution is 2.29. The minimum Gasteiger partial charge on any atom is -0.474 e. The molecule has 0 bridgehead atoms. The van der Waals surface area contributed by atoms with Gasteiger partial charge in [-0.1, -0.05) is 17.7 Å². The van der Waals surface area contributed by atoms with Crippen molar-refractivity contribution >= 4 is 22.8 Å². The normalized spacial score (nSPS) is 17.8. The van der Waals surface area contributed by atoms with Crippen molar-refractivity contribution in [3.8, 4) is 17.3 Å². The lowest BCUT2D eigenvalue weighted by molar-refractivity contribution is -0.144. The number of H-pyrrole nitrogens is 1. The molecule has 2 fully saturated rings. The highest BCUT2D eigenvalue weighted by atomic mass is 35.5. The summed E-state index contributed by atoms with van der Waals surface area (Å²) in [6.45, 7) is 3.33. The minimum atomic E-state index is -4.63. The average Bonchev–Trinajstić information content (AvgIpc) is 3.63. The van der Waals surface area contributed by atoms with Crippen molar-refractivity contribution in [1.82, 2.24) is 44.6 Å². The number of ether oxygens (including phenoxy) is 2. The molecule has 0 spiro atoms. The summed E-state index contributed by atoms with van der Waals surface area (Å²) in [6, 6.07) is 7.87. The van der Waals surface area contributed by atoms with E-state index in [2.05, 4.69) is 29.9 Å². The molecule has 16 heteroatoms.